The first-order chi connectivity index (χ1) is 9.54. The molecule has 0 aromatic heterocycles. The Morgan fingerprint density at radius 2 is 1.80 bits per heavy atom. The molecule has 2 aromatic carbocycles. The minimum Gasteiger partial charge on any atom is -0.306 e. The average Bonchev–Trinajstić information content (AvgIpc) is 2.40. The highest BCUT2D eigenvalue weighted by molar-refractivity contribution is 6.36. The SMILES string of the molecule is CCNC(c1cc(F)ccc1C)c1c(Cl)cccc1Cl. The summed E-state index contributed by atoms with van der Waals surface area (Å²) in [5.74, 6) is -0.267. The molecular weight excluding hydrogens is 296 g/mol. The minimum atomic E-state index is -0.267. The van der Waals surface area contributed by atoms with E-state index in [1.54, 1.807) is 24.3 Å². The van der Waals surface area contributed by atoms with Gasteiger partial charge in [0.05, 0.1) is 6.04 Å². The number of hydrogen-bond donors (Lipinski definition) is 1. The molecule has 0 bridgehead atoms. The van der Waals surface area contributed by atoms with E-state index in [1.807, 2.05) is 13.8 Å². The molecule has 0 aliphatic heterocycles. The molecule has 0 fully saturated rings. The molecule has 2 rings (SSSR count). The number of benzene rings is 2. The molecule has 0 saturated carbocycles. The lowest BCUT2D eigenvalue weighted by Gasteiger charge is -2.23. The standard InChI is InChI=1S/C16H16Cl2FN/c1-3-20-16(12-9-11(19)8-7-10(12)2)15-13(17)5-4-6-14(15)18/h4-9,16,20H,3H2,1-2H3. The fourth-order valence-corrected chi connectivity index (χ4v) is 2.90. The summed E-state index contributed by atoms with van der Waals surface area (Å²) in [5.41, 5.74) is 2.63. The van der Waals surface area contributed by atoms with E-state index >= 15 is 0 Å². The largest absolute Gasteiger partial charge is 0.306 e. The van der Waals surface area contributed by atoms with Crippen molar-refractivity contribution < 1.29 is 4.39 Å². The van der Waals surface area contributed by atoms with Gasteiger partial charge in [0.15, 0.2) is 0 Å². The second-order valence-electron chi connectivity index (χ2n) is 4.63. The summed E-state index contributed by atoms with van der Waals surface area (Å²) in [5, 5.41) is 4.48. The van der Waals surface area contributed by atoms with Crippen LogP contribution >= 0.6 is 23.2 Å². The molecule has 1 unspecified atom stereocenters. The van der Waals surface area contributed by atoms with Gasteiger partial charge in [-0.3, -0.25) is 0 Å². The number of halogens is 3. The zero-order valence-electron chi connectivity index (χ0n) is 11.4. The van der Waals surface area contributed by atoms with Crippen LogP contribution in [0, 0.1) is 12.7 Å². The Hall–Kier alpha value is -1.09. The van der Waals surface area contributed by atoms with Crippen LogP contribution in [0.4, 0.5) is 4.39 Å². The van der Waals surface area contributed by atoms with Gasteiger partial charge in [0.2, 0.25) is 0 Å². The van der Waals surface area contributed by atoms with Gasteiger partial charge in [0.25, 0.3) is 0 Å². The lowest BCUT2D eigenvalue weighted by Crippen LogP contribution is -2.23. The van der Waals surface area contributed by atoms with Crippen molar-refractivity contribution in [1.29, 1.82) is 0 Å². The average molecular weight is 312 g/mol. The highest BCUT2D eigenvalue weighted by atomic mass is 35.5. The summed E-state index contributed by atoms with van der Waals surface area (Å²) < 4.78 is 13.6. The molecule has 2 aromatic rings. The number of aryl methyl sites for hydroxylation is 1. The Morgan fingerprint density at radius 1 is 1.15 bits per heavy atom. The van der Waals surface area contributed by atoms with Crippen molar-refractivity contribution in [1.82, 2.24) is 5.32 Å². The predicted molar refractivity (Wildman–Crippen MR) is 83.1 cm³/mol. The normalized spacial score (nSPS) is 12.4. The molecule has 0 amide bonds. The predicted octanol–water partition coefficient (Wildman–Crippen LogP) is 5.14. The van der Waals surface area contributed by atoms with Gasteiger partial charge in [-0.25, -0.2) is 4.39 Å². The van der Waals surface area contributed by atoms with Crippen LogP contribution in [0.25, 0.3) is 0 Å². The van der Waals surface area contributed by atoms with Crippen molar-refractivity contribution in [3.05, 3.63) is 69.0 Å². The van der Waals surface area contributed by atoms with Gasteiger partial charge in [-0.1, -0.05) is 42.3 Å². The maximum atomic E-state index is 13.6. The Bertz CT molecular complexity index is 593. The van der Waals surface area contributed by atoms with E-state index in [0.717, 1.165) is 23.2 Å². The maximum Gasteiger partial charge on any atom is 0.123 e. The van der Waals surface area contributed by atoms with Crippen molar-refractivity contribution in [2.24, 2.45) is 0 Å². The summed E-state index contributed by atoms with van der Waals surface area (Å²) >= 11 is 12.6. The Labute approximate surface area is 128 Å². The second kappa shape index (κ2) is 6.57. The molecule has 0 spiro atoms. The summed E-state index contributed by atoms with van der Waals surface area (Å²) in [7, 11) is 0. The van der Waals surface area contributed by atoms with Crippen LogP contribution in [0.3, 0.4) is 0 Å². The van der Waals surface area contributed by atoms with E-state index in [1.165, 1.54) is 12.1 Å². The highest BCUT2D eigenvalue weighted by Gasteiger charge is 2.21. The van der Waals surface area contributed by atoms with Crippen LogP contribution < -0.4 is 5.32 Å². The maximum absolute atomic E-state index is 13.6. The van der Waals surface area contributed by atoms with Crippen LogP contribution in [0.5, 0.6) is 0 Å². The Kier molecular flexibility index (Phi) is 5.03. The lowest BCUT2D eigenvalue weighted by molar-refractivity contribution is 0.601. The van der Waals surface area contributed by atoms with E-state index in [-0.39, 0.29) is 11.9 Å². The lowest BCUT2D eigenvalue weighted by atomic mass is 9.94. The molecule has 0 radical (unpaired) electrons. The zero-order valence-corrected chi connectivity index (χ0v) is 12.9. The van der Waals surface area contributed by atoms with Gasteiger partial charge in [-0.15, -0.1) is 0 Å². The summed E-state index contributed by atoms with van der Waals surface area (Å²) in [6.07, 6.45) is 0. The van der Waals surface area contributed by atoms with Gasteiger partial charge in [0.1, 0.15) is 5.82 Å². The van der Waals surface area contributed by atoms with E-state index < -0.39 is 0 Å². The van der Waals surface area contributed by atoms with Gasteiger partial charge in [-0.2, -0.15) is 0 Å². The molecule has 0 heterocycles. The molecule has 20 heavy (non-hydrogen) atoms. The van der Waals surface area contributed by atoms with Gasteiger partial charge >= 0.3 is 0 Å². The summed E-state index contributed by atoms with van der Waals surface area (Å²) in [4.78, 5) is 0. The first-order valence-electron chi connectivity index (χ1n) is 6.48. The van der Waals surface area contributed by atoms with E-state index in [9.17, 15) is 4.39 Å². The van der Waals surface area contributed by atoms with Crippen molar-refractivity contribution in [2.45, 2.75) is 19.9 Å². The molecule has 1 N–H and O–H groups in total. The Balaban J connectivity index is 2.59. The van der Waals surface area contributed by atoms with Gasteiger partial charge < -0.3 is 5.32 Å². The molecule has 1 atom stereocenters. The molecule has 1 nitrogen and oxygen atoms in total. The van der Waals surface area contributed by atoms with Gasteiger partial charge in [0, 0.05) is 15.6 Å². The quantitative estimate of drug-likeness (QED) is 0.824. The van der Waals surface area contributed by atoms with Crippen LogP contribution in [-0.4, -0.2) is 6.54 Å². The van der Waals surface area contributed by atoms with Crippen LogP contribution in [0.2, 0.25) is 10.0 Å². The van der Waals surface area contributed by atoms with Crippen molar-refractivity contribution >= 4 is 23.2 Å². The fraction of sp³-hybridized carbons (Fsp3) is 0.250. The third-order valence-corrected chi connectivity index (χ3v) is 3.91. The van der Waals surface area contributed by atoms with Crippen LogP contribution in [-0.2, 0) is 0 Å². The van der Waals surface area contributed by atoms with Crippen LogP contribution in [0.15, 0.2) is 36.4 Å². The Morgan fingerprint density at radius 3 is 2.40 bits per heavy atom. The van der Waals surface area contributed by atoms with Crippen LogP contribution in [0.1, 0.15) is 29.7 Å². The highest BCUT2D eigenvalue weighted by Crippen LogP contribution is 2.35. The minimum absolute atomic E-state index is 0.225. The molecular formula is C16H16Cl2FN. The topological polar surface area (TPSA) is 12.0 Å². The monoisotopic (exact) mass is 311 g/mol. The summed E-state index contributed by atoms with van der Waals surface area (Å²) in [6, 6.07) is 9.91. The fourth-order valence-electron chi connectivity index (χ4n) is 2.28. The van der Waals surface area contributed by atoms with Gasteiger partial charge in [-0.05, 0) is 48.9 Å². The number of rotatable bonds is 4. The number of hydrogen-bond acceptors (Lipinski definition) is 1. The first-order valence-corrected chi connectivity index (χ1v) is 7.23. The second-order valence-corrected chi connectivity index (χ2v) is 5.44. The number of nitrogens with one attached hydrogen (secondary N) is 1. The smallest absolute Gasteiger partial charge is 0.123 e. The van der Waals surface area contributed by atoms with Crippen molar-refractivity contribution in [2.75, 3.05) is 6.54 Å². The molecule has 0 aliphatic carbocycles. The zero-order chi connectivity index (χ0) is 14.7. The van der Waals surface area contributed by atoms with Crippen molar-refractivity contribution in [3.8, 4) is 0 Å². The van der Waals surface area contributed by atoms with E-state index in [4.69, 9.17) is 23.2 Å². The van der Waals surface area contributed by atoms with Crippen molar-refractivity contribution in [3.63, 3.8) is 0 Å². The molecule has 4 heteroatoms. The molecule has 0 aliphatic rings. The third kappa shape index (κ3) is 3.14. The van der Waals surface area contributed by atoms with E-state index in [2.05, 4.69) is 5.32 Å². The third-order valence-electron chi connectivity index (χ3n) is 3.25. The first kappa shape index (κ1) is 15.3. The molecule has 0 saturated heterocycles. The molecule has 106 valence electrons. The van der Waals surface area contributed by atoms with E-state index in [0.29, 0.717) is 10.0 Å². The summed E-state index contributed by atoms with van der Waals surface area (Å²) in [6.45, 7) is 4.67.